The third-order valence-electron chi connectivity index (χ3n) is 2.17. The first-order valence-corrected chi connectivity index (χ1v) is 5.76. The number of allylic oxidation sites excluding steroid dienone is 5. The molecule has 0 spiro atoms. The summed E-state index contributed by atoms with van der Waals surface area (Å²) in [5.41, 5.74) is 5.92. The summed E-state index contributed by atoms with van der Waals surface area (Å²) in [4.78, 5) is 0. The summed E-state index contributed by atoms with van der Waals surface area (Å²) in [5, 5.41) is 7.46. The van der Waals surface area contributed by atoms with Crippen LogP contribution in [0.2, 0.25) is 0 Å². The fourth-order valence-corrected chi connectivity index (χ4v) is 1.25. The van der Waals surface area contributed by atoms with Gasteiger partial charge in [-0.15, -0.1) is 0 Å². The smallest absolute Gasteiger partial charge is 0.399 e. The van der Waals surface area contributed by atoms with Crippen LogP contribution in [0.25, 0.3) is 0 Å². The number of halogens is 3. The number of hydrogen-bond acceptors (Lipinski definition) is 3. The molecule has 0 aliphatic carbocycles. The normalized spacial score (nSPS) is 13.9. The summed E-state index contributed by atoms with van der Waals surface area (Å²) in [7, 11) is 0. The Morgan fingerprint density at radius 3 is 2.40 bits per heavy atom. The molecule has 0 bridgehead atoms. The Labute approximate surface area is 115 Å². The highest BCUT2D eigenvalue weighted by Gasteiger charge is 2.30. The average molecular weight is 281 g/mol. The van der Waals surface area contributed by atoms with Crippen LogP contribution in [0.5, 0.6) is 0 Å². The van der Waals surface area contributed by atoms with Crippen LogP contribution in [0.4, 0.5) is 24.5 Å². The molecule has 6 heteroatoms. The van der Waals surface area contributed by atoms with Gasteiger partial charge in [0.1, 0.15) is 0 Å². The topological polar surface area (TPSA) is 50.7 Å². The van der Waals surface area contributed by atoms with Crippen molar-refractivity contribution < 1.29 is 13.2 Å². The fourth-order valence-electron chi connectivity index (χ4n) is 1.25. The van der Waals surface area contributed by atoms with E-state index in [1.807, 2.05) is 0 Å². The van der Waals surface area contributed by atoms with E-state index >= 15 is 0 Å². The van der Waals surface area contributed by atoms with Gasteiger partial charge < -0.3 is 5.73 Å². The van der Waals surface area contributed by atoms with Crippen molar-refractivity contribution >= 4 is 11.4 Å². The van der Waals surface area contributed by atoms with Crippen molar-refractivity contribution in [3.8, 4) is 0 Å². The van der Waals surface area contributed by atoms with E-state index in [1.54, 1.807) is 24.3 Å². The van der Waals surface area contributed by atoms with Crippen LogP contribution in [-0.4, -0.2) is 6.18 Å². The largest absolute Gasteiger partial charge is 0.416 e. The lowest BCUT2D eigenvalue weighted by Gasteiger charge is -2.05. The predicted octanol–water partition coefficient (Wildman–Crippen LogP) is 4.93. The highest BCUT2D eigenvalue weighted by atomic mass is 19.4. The predicted molar refractivity (Wildman–Crippen MR) is 73.5 cm³/mol. The van der Waals surface area contributed by atoms with Gasteiger partial charge in [0.15, 0.2) is 0 Å². The molecule has 0 unspecified atom stereocenters. The fraction of sp³-hybridized carbons (Fsp3) is 0.143. The standard InChI is InChI=1S/C14H14F3N3/c1-2-4-11(14(15,16)17)5-3-10-19-20-13-8-6-12(18)7-9-13/h2-10H,18H2,1H3/b4-2-,10-3+,11-5+,20-19?. The van der Waals surface area contributed by atoms with Crippen molar-refractivity contribution in [1.29, 1.82) is 0 Å². The SMILES string of the molecule is C\C=C/C(=C\C=C\N=Nc1ccc(N)cc1)C(F)(F)F. The lowest BCUT2D eigenvalue weighted by atomic mass is 10.2. The third-order valence-corrected chi connectivity index (χ3v) is 2.17. The number of anilines is 1. The molecule has 106 valence electrons. The van der Waals surface area contributed by atoms with E-state index < -0.39 is 11.7 Å². The molecule has 0 fully saturated rings. The van der Waals surface area contributed by atoms with E-state index in [9.17, 15) is 13.2 Å². The van der Waals surface area contributed by atoms with Crippen molar-refractivity contribution in [2.75, 3.05) is 5.73 Å². The Kier molecular flexibility index (Phi) is 5.71. The molecule has 1 rings (SSSR count). The molecule has 0 amide bonds. The monoisotopic (exact) mass is 281 g/mol. The molecule has 0 aliphatic heterocycles. The average Bonchev–Trinajstić information content (AvgIpc) is 2.38. The summed E-state index contributed by atoms with van der Waals surface area (Å²) >= 11 is 0. The zero-order valence-electron chi connectivity index (χ0n) is 10.8. The molecular weight excluding hydrogens is 267 g/mol. The van der Waals surface area contributed by atoms with Crippen LogP contribution < -0.4 is 5.73 Å². The molecule has 20 heavy (non-hydrogen) atoms. The molecule has 3 nitrogen and oxygen atoms in total. The second kappa shape index (κ2) is 7.28. The third kappa shape index (κ3) is 5.51. The Morgan fingerprint density at radius 2 is 1.85 bits per heavy atom. The first-order valence-electron chi connectivity index (χ1n) is 5.76. The molecule has 0 radical (unpaired) electrons. The summed E-state index contributed by atoms with van der Waals surface area (Å²) in [6.07, 6.45) is 1.23. The van der Waals surface area contributed by atoms with Gasteiger partial charge in [0.05, 0.1) is 11.3 Å². The molecule has 0 saturated heterocycles. The van der Waals surface area contributed by atoms with Crippen molar-refractivity contribution in [3.05, 3.63) is 60.3 Å². The van der Waals surface area contributed by atoms with Crippen LogP contribution in [0.15, 0.2) is 70.6 Å². The van der Waals surface area contributed by atoms with Gasteiger partial charge in [0, 0.05) is 11.9 Å². The molecule has 0 aromatic heterocycles. The van der Waals surface area contributed by atoms with E-state index in [4.69, 9.17) is 5.73 Å². The van der Waals surface area contributed by atoms with Crippen molar-refractivity contribution in [1.82, 2.24) is 0 Å². The van der Waals surface area contributed by atoms with E-state index in [0.29, 0.717) is 11.4 Å². The van der Waals surface area contributed by atoms with Crippen LogP contribution >= 0.6 is 0 Å². The highest BCUT2D eigenvalue weighted by molar-refractivity contribution is 5.47. The number of benzene rings is 1. The first kappa shape index (κ1) is 15.7. The number of rotatable bonds is 4. The van der Waals surface area contributed by atoms with Crippen molar-refractivity contribution in [2.45, 2.75) is 13.1 Å². The zero-order chi connectivity index (χ0) is 15.0. The Morgan fingerprint density at radius 1 is 1.20 bits per heavy atom. The molecule has 0 saturated carbocycles. The minimum atomic E-state index is -4.38. The maximum atomic E-state index is 12.5. The second-order valence-electron chi connectivity index (χ2n) is 3.77. The van der Waals surface area contributed by atoms with E-state index in [0.717, 1.165) is 12.2 Å². The molecule has 2 N–H and O–H groups in total. The van der Waals surface area contributed by atoms with E-state index in [2.05, 4.69) is 10.2 Å². The van der Waals surface area contributed by atoms with Gasteiger partial charge in [0.2, 0.25) is 0 Å². The number of azo groups is 1. The lowest BCUT2D eigenvalue weighted by Crippen LogP contribution is -2.09. The molecule has 1 aromatic carbocycles. The summed E-state index contributed by atoms with van der Waals surface area (Å²) < 4.78 is 37.5. The summed E-state index contributed by atoms with van der Waals surface area (Å²) in [6, 6.07) is 6.63. The lowest BCUT2D eigenvalue weighted by molar-refractivity contribution is -0.0881. The second-order valence-corrected chi connectivity index (χ2v) is 3.77. The zero-order valence-corrected chi connectivity index (χ0v) is 10.8. The van der Waals surface area contributed by atoms with Gasteiger partial charge >= 0.3 is 6.18 Å². The van der Waals surface area contributed by atoms with Crippen LogP contribution in [-0.2, 0) is 0 Å². The van der Waals surface area contributed by atoms with Gasteiger partial charge in [-0.3, -0.25) is 0 Å². The van der Waals surface area contributed by atoms with Gasteiger partial charge in [-0.2, -0.15) is 23.4 Å². The number of nitrogen functional groups attached to an aromatic ring is 1. The molecule has 1 aromatic rings. The Hall–Kier alpha value is -2.37. The highest BCUT2D eigenvalue weighted by Crippen LogP contribution is 2.26. The number of hydrogen-bond donors (Lipinski definition) is 1. The molecule has 0 atom stereocenters. The Balaban J connectivity index is 2.70. The Bertz CT molecular complexity index is 538. The van der Waals surface area contributed by atoms with Crippen LogP contribution in [0.1, 0.15) is 6.92 Å². The minimum absolute atomic E-state index is 0.567. The maximum Gasteiger partial charge on any atom is 0.416 e. The molecule has 0 heterocycles. The molecule has 0 aliphatic rings. The maximum absolute atomic E-state index is 12.5. The van der Waals surface area contributed by atoms with E-state index in [-0.39, 0.29) is 0 Å². The number of alkyl halides is 3. The van der Waals surface area contributed by atoms with Crippen LogP contribution in [0.3, 0.4) is 0 Å². The van der Waals surface area contributed by atoms with Gasteiger partial charge in [-0.1, -0.05) is 12.2 Å². The van der Waals surface area contributed by atoms with Gasteiger partial charge in [-0.05, 0) is 43.3 Å². The van der Waals surface area contributed by atoms with Crippen molar-refractivity contribution in [3.63, 3.8) is 0 Å². The first-order chi connectivity index (χ1) is 9.43. The van der Waals surface area contributed by atoms with Gasteiger partial charge in [-0.25, -0.2) is 0 Å². The number of nitrogens with zero attached hydrogens (tertiary/aromatic N) is 2. The van der Waals surface area contributed by atoms with Gasteiger partial charge in [0.25, 0.3) is 0 Å². The molecular formula is C14H14F3N3. The number of nitrogens with two attached hydrogens (primary N) is 1. The summed E-state index contributed by atoms with van der Waals surface area (Å²) in [6.45, 7) is 1.52. The quantitative estimate of drug-likeness (QED) is 0.474. The van der Waals surface area contributed by atoms with Crippen molar-refractivity contribution in [2.24, 2.45) is 10.2 Å². The minimum Gasteiger partial charge on any atom is -0.399 e. The van der Waals surface area contributed by atoms with Crippen LogP contribution in [0, 0.1) is 0 Å². The van der Waals surface area contributed by atoms with E-state index in [1.165, 1.54) is 25.3 Å². The summed E-state index contributed by atoms with van der Waals surface area (Å²) in [5.74, 6) is 0.